The molecule has 0 aromatic rings. The highest BCUT2D eigenvalue weighted by Crippen LogP contribution is 2.00. The van der Waals surface area contributed by atoms with Crippen molar-refractivity contribution in [2.24, 2.45) is 5.92 Å². The van der Waals surface area contributed by atoms with Crippen LogP contribution >= 0.6 is 0 Å². The normalized spacial score (nSPS) is 9.91. The molecule has 0 aliphatic heterocycles. The number of amides is 2. The Bertz CT molecular complexity index is 163. The van der Waals surface area contributed by atoms with Crippen LogP contribution in [-0.2, 0) is 9.59 Å². The maximum absolute atomic E-state index is 11.2. The molecular weight excluding hydrogens is 142 g/mol. The van der Waals surface area contributed by atoms with Crippen molar-refractivity contribution >= 4 is 11.8 Å². The predicted octanol–water partition coefficient (Wildman–Crippen LogP) is 1.04. The van der Waals surface area contributed by atoms with Crippen LogP contribution in [0.25, 0.3) is 0 Å². The Labute approximate surface area is 67.4 Å². The monoisotopic (exact) mass is 157 g/mol. The molecule has 64 valence electrons. The molecule has 11 heavy (non-hydrogen) atoms. The second-order valence-electron chi connectivity index (χ2n) is 2.76. The third-order valence-corrected chi connectivity index (χ3v) is 1.46. The Kier molecular flexibility index (Phi) is 3.79. The SMILES string of the molecule is CCN(C(C)=O)C(=O)C(C)C. The first-order chi connectivity index (χ1) is 5.00. The average Bonchev–Trinajstić information content (AvgIpc) is 1.88. The molecule has 0 aromatic carbocycles. The van der Waals surface area contributed by atoms with Gasteiger partial charge in [-0.2, -0.15) is 0 Å². The van der Waals surface area contributed by atoms with Crippen molar-refractivity contribution in [1.82, 2.24) is 4.90 Å². The highest BCUT2D eigenvalue weighted by Gasteiger charge is 2.18. The Balaban J connectivity index is 4.27. The van der Waals surface area contributed by atoms with Gasteiger partial charge in [0.1, 0.15) is 0 Å². The summed E-state index contributed by atoms with van der Waals surface area (Å²) in [6.45, 7) is 7.24. The van der Waals surface area contributed by atoms with Gasteiger partial charge in [0.25, 0.3) is 0 Å². The largest absolute Gasteiger partial charge is 0.283 e. The van der Waals surface area contributed by atoms with E-state index in [2.05, 4.69) is 0 Å². The minimum Gasteiger partial charge on any atom is -0.283 e. The van der Waals surface area contributed by atoms with Crippen LogP contribution in [0.15, 0.2) is 0 Å². The van der Waals surface area contributed by atoms with Gasteiger partial charge in [0.15, 0.2) is 0 Å². The highest BCUT2D eigenvalue weighted by atomic mass is 16.2. The van der Waals surface area contributed by atoms with E-state index in [0.29, 0.717) is 6.54 Å². The maximum atomic E-state index is 11.2. The van der Waals surface area contributed by atoms with Crippen molar-refractivity contribution in [3.05, 3.63) is 0 Å². The van der Waals surface area contributed by atoms with E-state index in [-0.39, 0.29) is 17.7 Å². The van der Waals surface area contributed by atoms with E-state index in [1.54, 1.807) is 20.8 Å². The molecule has 0 rings (SSSR count). The summed E-state index contributed by atoms with van der Waals surface area (Å²) >= 11 is 0. The number of imide groups is 1. The van der Waals surface area contributed by atoms with Gasteiger partial charge in [0.2, 0.25) is 11.8 Å². The van der Waals surface area contributed by atoms with Gasteiger partial charge in [0, 0.05) is 19.4 Å². The maximum Gasteiger partial charge on any atom is 0.231 e. The van der Waals surface area contributed by atoms with Crippen LogP contribution in [0.4, 0.5) is 0 Å². The first-order valence-electron chi connectivity index (χ1n) is 3.82. The van der Waals surface area contributed by atoms with Gasteiger partial charge in [-0.25, -0.2) is 0 Å². The first-order valence-corrected chi connectivity index (χ1v) is 3.82. The first kappa shape index (κ1) is 10.1. The van der Waals surface area contributed by atoms with Gasteiger partial charge in [-0.1, -0.05) is 13.8 Å². The third-order valence-electron chi connectivity index (χ3n) is 1.46. The number of carbonyl (C=O) groups excluding carboxylic acids is 2. The van der Waals surface area contributed by atoms with Gasteiger partial charge < -0.3 is 0 Å². The Morgan fingerprint density at radius 1 is 1.36 bits per heavy atom. The second kappa shape index (κ2) is 4.11. The molecule has 3 nitrogen and oxygen atoms in total. The van der Waals surface area contributed by atoms with Crippen LogP contribution in [-0.4, -0.2) is 23.3 Å². The van der Waals surface area contributed by atoms with E-state index in [4.69, 9.17) is 0 Å². The molecule has 0 radical (unpaired) electrons. The third kappa shape index (κ3) is 2.70. The molecule has 0 saturated carbocycles. The molecule has 0 fully saturated rings. The van der Waals surface area contributed by atoms with Crippen molar-refractivity contribution in [3.8, 4) is 0 Å². The second-order valence-corrected chi connectivity index (χ2v) is 2.76. The van der Waals surface area contributed by atoms with Gasteiger partial charge in [-0.3, -0.25) is 14.5 Å². The number of carbonyl (C=O) groups is 2. The van der Waals surface area contributed by atoms with Gasteiger partial charge in [-0.15, -0.1) is 0 Å². The van der Waals surface area contributed by atoms with Crippen LogP contribution < -0.4 is 0 Å². The zero-order valence-electron chi connectivity index (χ0n) is 7.55. The average molecular weight is 157 g/mol. The molecule has 0 aliphatic rings. The molecule has 0 saturated heterocycles. The van der Waals surface area contributed by atoms with Gasteiger partial charge in [0.05, 0.1) is 0 Å². The standard InChI is InChI=1S/C8H15NO2/c1-5-9(7(4)10)8(11)6(2)3/h6H,5H2,1-4H3. The Hall–Kier alpha value is -0.860. The van der Waals surface area contributed by atoms with Gasteiger partial charge in [-0.05, 0) is 6.92 Å². The topological polar surface area (TPSA) is 37.4 Å². The zero-order valence-corrected chi connectivity index (χ0v) is 7.55. The molecule has 0 N–H and O–H groups in total. The molecule has 0 bridgehead atoms. The van der Waals surface area contributed by atoms with Crippen LogP contribution in [0.5, 0.6) is 0 Å². The lowest BCUT2D eigenvalue weighted by Gasteiger charge is -2.18. The summed E-state index contributed by atoms with van der Waals surface area (Å²) < 4.78 is 0. The molecule has 0 unspecified atom stereocenters. The van der Waals surface area contributed by atoms with E-state index in [1.165, 1.54) is 11.8 Å². The van der Waals surface area contributed by atoms with Crippen molar-refractivity contribution < 1.29 is 9.59 Å². The molecule has 0 aliphatic carbocycles. The van der Waals surface area contributed by atoms with E-state index in [0.717, 1.165) is 0 Å². The molecular formula is C8H15NO2. The molecule has 0 spiro atoms. The summed E-state index contributed by atoms with van der Waals surface area (Å²) in [6, 6.07) is 0. The highest BCUT2D eigenvalue weighted by molar-refractivity contribution is 5.94. The lowest BCUT2D eigenvalue weighted by molar-refractivity contribution is -0.145. The molecule has 0 heterocycles. The molecule has 3 heteroatoms. The van der Waals surface area contributed by atoms with Crippen molar-refractivity contribution in [3.63, 3.8) is 0 Å². The van der Waals surface area contributed by atoms with Crippen molar-refractivity contribution in [2.75, 3.05) is 6.54 Å². The number of nitrogens with zero attached hydrogens (tertiary/aromatic N) is 1. The van der Waals surface area contributed by atoms with Crippen LogP contribution in [0.2, 0.25) is 0 Å². The van der Waals surface area contributed by atoms with Gasteiger partial charge >= 0.3 is 0 Å². The van der Waals surface area contributed by atoms with E-state index in [9.17, 15) is 9.59 Å². The van der Waals surface area contributed by atoms with Crippen molar-refractivity contribution in [1.29, 1.82) is 0 Å². The molecule has 0 aromatic heterocycles. The fourth-order valence-electron chi connectivity index (χ4n) is 0.845. The van der Waals surface area contributed by atoms with E-state index < -0.39 is 0 Å². The Morgan fingerprint density at radius 3 is 1.91 bits per heavy atom. The molecule has 2 amide bonds. The van der Waals surface area contributed by atoms with E-state index >= 15 is 0 Å². The zero-order chi connectivity index (χ0) is 9.02. The van der Waals surface area contributed by atoms with Crippen LogP contribution in [0.1, 0.15) is 27.7 Å². The smallest absolute Gasteiger partial charge is 0.231 e. The summed E-state index contributed by atoms with van der Waals surface area (Å²) in [7, 11) is 0. The van der Waals surface area contributed by atoms with Crippen LogP contribution in [0, 0.1) is 5.92 Å². The predicted molar refractivity (Wildman–Crippen MR) is 42.9 cm³/mol. The van der Waals surface area contributed by atoms with E-state index in [1.807, 2.05) is 0 Å². The summed E-state index contributed by atoms with van der Waals surface area (Å²) in [5.74, 6) is -0.370. The minimum absolute atomic E-state index is 0.0972. The van der Waals surface area contributed by atoms with Crippen molar-refractivity contribution in [2.45, 2.75) is 27.7 Å². The summed E-state index contributed by atoms with van der Waals surface area (Å²) in [5, 5.41) is 0. The lowest BCUT2D eigenvalue weighted by Crippen LogP contribution is -2.37. The fourth-order valence-corrected chi connectivity index (χ4v) is 0.845. The van der Waals surface area contributed by atoms with Crippen LogP contribution in [0.3, 0.4) is 0 Å². The fraction of sp³-hybridized carbons (Fsp3) is 0.750. The summed E-state index contributed by atoms with van der Waals surface area (Å²) in [6.07, 6.45) is 0. The minimum atomic E-state index is -0.175. The Morgan fingerprint density at radius 2 is 1.82 bits per heavy atom. The molecule has 0 atom stereocenters. The quantitative estimate of drug-likeness (QED) is 0.600. The summed E-state index contributed by atoms with van der Waals surface area (Å²) in [5.41, 5.74) is 0. The lowest BCUT2D eigenvalue weighted by atomic mass is 10.2. The number of rotatable bonds is 2. The number of hydrogen-bond acceptors (Lipinski definition) is 2. The number of hydrogen-bond donors (Lipinski definition) is 0. The summed E-state index contributed by atoms with van der Waals surface area (Å²) in [4.78, 5) is 23.3.